The molecule has 126 valence electrons. The van der Waals surface area contributed by atoms with Crippen LogP contribution in [-0.2, 0) is 18.2 Å². The van der Waals surface area contributed by atoms with Gasteiger partial charge in [0.05, 0.1) is 0 Å². The highest BCUT2D eigenvalue weighted by molar-refractivity contribution is 7.91. The molecule has 0 radical (unpaired) electrons. The van der Waals surface area contributed by atoms with Gasteiger partial charge in [-0.05, 0) is 31.1 Å². The van der Waals surface area contributed by atoms with E-state index in [4.69, 9.17) is 0 Å². The molecule has 0 saturated heterocycles. The molecule has 23 heavy (non-hydrogen) atoms. The van der Waals surface area contributed by atoms with Crippen LogP contribution >= 0.6 is 11.5 Å². The van der Waals surface area contributed by atoms with E-state index in [2.05, 4.69) is 9.37 Å². The standard InChI is InChI=1S/C13H13F4N3OS2/c1-7-4-9(14)10(18-12-20(3)8(2)19-22-12)5-11(7)23(21)6-13(15,16)17/h4-5H,6H2,1-3H3/b18-12-. The summed E-state index contributed by atoms with van der Waals surface area (Å²) in [5, 5.41) is 0. The van der Waals surface area contributed by atoms with E-state index in [9.17, 15) is 22.1 Å². The van der Waals surface area contributed by atoms with Crippen molar-refractivity contribution in [2.24, 2.45) is 12.0 Å². The fourth-order valence-corrected chi connectivity index (χ4v) is 3.61. The summed E-state index contributed by atoms with van der Waals surface area (Å²) in [6.45, 7) is 3.15. The normalized spacial score (nSPS) is 14.3. The van der Waals surface area contributed by atoms with Crippen molar-refractivity contribution in [1.82, 2.24) is 8.94 Å². The Kier molecular flexibility index (Phi) is 5.17. The molecule has 0 aliphatic heterocycles. The van der Waals surface area contributed by atoms with Crippen molar-refractivity contribution in [3.63, 3.8) is 0 Å². The molecular weight excluding hydrogens is 354 g/mol. The fraction of sp³-hybridized carbons (Fsp3) is 0.385. The number of aromatic nitrogens is 2. The zero-order valence-corrected chi connectivity index (χ0v) is 14.1. The highest BCUT2D eigenvalue weighted by Gasteiger charge is 2.36. The Bertz CT molecular complexity index is 783. The maximum Gasteiger partial charge on any atom is 0.433 e. The van der Waals surface area contributed by atoms with Gasteiger partial charge in [0.1, 0.15) is 17.3 Å². The maximum absolute atomic E-state index is 14.0. The largest absolute Gasteiger partial charge is 0.611 e. The molecule has 0 spiro atoms. The third kappa shape index (κ3) is 4.33. The van der Waals surface area contributed by atoms with Crippen LogP contribution in [0, 0.1) is 19.7 Å². The van der Waals surface area contributed by atoms with Crippen LogP contribution in [0.4, 0.5) is 23.2 Å². The van der Waals surface area contributed by atoms with Crippen LogP contribution in [-0.4, -0.2) is 25.4 Å². The van der Waals surface area contributed by atoms with E-state index < -0.39 is 28.9 Å². The zero-order valence-electron chi connectivity index (χ0n) is 12.4. The molecule has 4 nitrogen and oxygen atoms in total. The predicted molar refractivity (Wildman–Crippen MR) is 79.5 cm³/mol. The van der Waals surface area contributed by atoms with E-state index in [1.54, 1.807) is 18.5 Å². The Morgan fingerprint density at radius 2 is 2.00 bits per heavy atom. The Balaban J connectivity index is 2.49. The fourth-order valence-electron chi connectivity index (χ4n) is 1.77. The summed E-state index contributed by atoms with van der Waals surface area (Å²) >= 11 is -1.28. The molecule has 1 aromatic heterocycles. The first-order valence-corrected chi connectivity index (χ1v) is 8.47. The van der Waals surface area contributed by atoms with E-state index in [1.807, 2.05) is 0 Å². The lowest BCUT2D eigenvalue weighted by Crippen LogP contribution is -2.23. The quantitative estimate of drug-likeness (QED) is 0.618. The van der Waals surface area contributed by atoms with Gasteiger partial charge >= 0.3 is 6.18 Å². The third-order valence-corrected chi connectivity index (χ3v) is 5.44. The van der Waals surface area contributed by atoms with Crippen molar-refractivity contribution in [3.8, 4) is 0 Å². The molecular formula is C13H13F4N3OS2. The summed E-state index contributed by atoms with van der Waals surface area (Å²) in [5.41, 5.74) is 0.0225. The zero-order chi connectivity index (χ0) is 17.4. The van der Waals surface area contributed by atoms with Gasteiger partial charge in [0.15, 0.2) is 4.90 Å². The van der Waals surface area contributed by atoms with Gasteiger partial charge < -0.3 is 9.12 Å². The lowest BCUT2D eigenvalue weighted by Gasteiger charge is -2.15. The predicted octanol–water partition coefficient (Wildman–Crippen LogP) is 3.14. The summed E-state index contributed by atoms with van der Waals surface area (Å²) in [6, 6.07) is 2.14. The van der Waals surface area contributed by atoms with E-state index in [-0.39, 0.29) is 16.1 Å². The SMILES string of the molecule is Cc1cc(F)c(/N=c2\snc(C)n2C)cc1[S+]([O-])CC(F)(F)F. The van der Waals surface area contributed by atoms with Gasteiger partial charge in [-0.25, -0.2) is 9.38 Å². The van der Waals surface area contributed by atoms with Crippen LogP contribution in [0.5, 0.6) is 0 Å². The van der Waals surface area contributed by atoms with Crippen LogP contribution in [0.25, 0.3) is 0 Å². The summed E-state index contributed by atoms with van der Waals surface area (Å²) in [5.74, 6) is -1.50. The topological polar surface area (TPSA) is 53.2 Å². The summed E-state index contributed by atoms with van der Waals surface area (Å²) in [7, 11) is 1.69. The van der Waals surface area contributed by atoms with Crippen LogP contribution in [0.15, 0.2) is 22.0 Å². The van der Waals surface area contributed by atoms with E-state index >= 15 is 0 Å². The number of halogens is 4. The summed E-state index contributed by atoms with van der Waals surface area (Å²) in [6.07, 6.45) is -4.57. The molecule has 1 atom stereocenters. The van der Waals surface area contributed by atoms with Crippen LogP contribution in [0.1, 0.15) is 11.4 Å². The second-order valence-electron chi connectivity index (χ2n) is 4.86. The number of hydrogen-bond donors (Lipinski definition) is 0. The van der Waals surface area contributed by atoms with Crippen molar-refractivity contribution in [2.75, 3.05) is 5.75 Å². The average molecular weight is 367 g/mol. The van der Waals surface area contributed by atoms with Crippen molar-refractivity contribution >= 4 is 28.4 Å². The molecule has 2 rings (SSSR count). The van der Waals surface area contributed by atoms with E-state index in [1.165, 1.54) is 6.92 Å². The summed E-state index contributed by atoms with van der Waals surface area (Å²) in [4.78, 5) is 4.38. The Morgan fingerprint density at radius 3 is 2.52 bits per heavy atom. The number of aryl methyl sites for hydroxylation is 2. The molecule has 0 bridgehead atoms. The van der Waals surface area contributed by atoms with Gasteiger partial charge in [-0.2, -0.15) is 17.5 Å². The highest BCUT2D eigenvalue weighted by Crippen LogP contribution is 2.29. The smallest absolute Gasteiger partial charge is 0.433 e. The van der Waals surface area contributed by atoms with Gasteiger partial charge in [-0.15, -0.1) is 0 Å². The van der Waals surface area contributed by atoms with Crippen LogP contribution in [0.3, 0.4) is 0 Å². The molecule has 1 heterocycles. The minimum atomic E-state index is -4.57. The first kappa shape index (κ1) is 18.0. The van der Waals surface area contributed by atoms with Crippen molar-refractivity contribution in [3.05, 3.63) is 34.1 Å². The highest BCUT2D eigenvalue weighted by atomic mass is 32.2. The molecule has 10 heteroatoms. The number of nitrogens with zero attached hydrogens (tertiary/aromatic N) is 3. The van der Waals surface area contributed by atoms with Crippen LogP contribution < -0.4 is 4.80 Å². The molecule has 0 aliphatic rings. The number of alkyl halides is 3. The molecule has 0 saturated carbocycles. The first-order chi connectivity index (χ1) is 10.6. The molecule has 2 aromatic rings. The second-order valence-corrected chi connectivity index (χ2v) is 7.01. The molecule has 0 amide bonds. The summed E-state index contributed by atoms with van der Waals surface area (Å²) < 4.78 is 68.8. The first-order valence-electron chi connectivity index (χ1n) is 6.38. The minimum Gasteiger partial charge on any atom is -0.611 e. The Labute approximate surface area is 136 Å². The maximum atomic E-state index is 14.0. The monoisotopic (exact) mass is 367 g/mol. The van der Waals surface area contributed by atoms with Crippen molar-refractivity contribution in [2.45, 2.75) is 24.9 Å². The second kappa shape index (κ2) is 6.62. The van der Waals surface area contributed by atoms with Gasteiger partial charge in [0.25, 0.3) is 0 Å². The van der Waals surface area contributed by atoms with Gasteiger partial charge in [-0.1, -0.05) is 0 Å². The van der Waals surface area contributed by atoms with Gasteiger partial charge in [0, 0.05) is 30.2 Å². The van der Waals surface area contributed by atoms with Crippen LogP contribution in [0.2, 0.25) is 0 Å². The number of rotatable bonds is 3. The number of benzene rings is 1. The van der Waals surface area contributed by atoms with E-state index in [0.29, 0.717) is 10.6 Å². The minimum absolute atomic E-state index is 0.0774. The molecule has 0 aliphatic carbocycles. The Morgan fingerprint density at radius 1 is 1.35 bits per heavy atom. The van der Waals surface area contributed by atoms with E-state index in [0.717, 1.165) is 23.7 Å². The Hall–Kier alpha value is -1.39. The van der Waals surface area contributed by atoms with Gasteiger partial charge in [0.2, 0.25) is 10.6 Å². The number of hydrogen-bond acceptors (Lipinski definition) is 4. The molecule has 1 unspecified atom stereocenters. The average Bonchev–Trinajstić information content (AvgIpc) is 2.71. The third-order valence-electron chi connectivity index (χ3n) is 3.03. The van der Waals surface area contributed by atoms with Crippen molar-refractivity contribution < 1.29 is 22.1 Å². The lowest BCUT2D eigenvalue weighted by atomic mass is 10.2. The van der Waals surface area contributed by atoms with Crippen molar-refractivity contribution in [1.29, 1.82) is 0 Å². The molecule has 0 N–H and O–H groups in total. The molecule has 1 aromatic carbocycles. The van der Waals surface area contributed by atoms with Gasteiger partial charge in [-0.3, -0.25) is 0 Å². The molecule has 0 fully saturated rings. The lowest BCUT2D eigenvalue weighted by molar-refractivity contribution is -0.106.